The number of imidazole rings is 1. The smallest absolute Gasteiger partial charge is 0.248 e. The van der Waals surface area contributed by atoms with Gasteiger partial charge in [0, 0.05) is 50.7 Å². The summed E-state index contributed by atoms with van der Waals surface area (Å²) in [6.45, 7) is 8.62. The summed E-state index contributed by atoms with van der Waals surface area (Å²) in [5.41, 5.74) is 4.64. The lowest BCUT2D eigenvalue weighted by molar-refractivity contribution is -0.137. The van der Waals surface area contributed by atoms with Gasteiger partial charge in [-0.3, -0.25) is 10.3 Å². The summed E-state index contributed by atoms with van der Waals surface area (Å²) in [4.78, 5) is 18.7. The maximum atomic E-state index is 14.5. The van der Waals surface area contributed by atoms with Gasteiger partial charge in [0.05, 0.1) is 17.7 Å². The van der Waals surface area contributed by atoms with E-state index < -0.39 is 11.7 Å². The fourth-order valence-electron chi connectivity index (χ4n) is 6.77. The van der Waals surface area contributed by atoms with E-state index in [1.54, 1.807) is 6.07 Å². The third-order valence-electron chi connectivity index (χ3n) is 8.82. The lowest BCUT2D eigenvalue weighted by Gasteiger charge is -2.52. The quantitative estimate of drug-likeness (QED) is 0.290. The first-order chi connectivity index (χ1) is 19.5. The normalized spacial score (nSPS) is 26.0. The Balaban J connectivity index is 1.32. The number of anilines is 2. The maximum absolute atomic E-state index is 14.5. The van der Waals surface area contributed by atoms with Crippen LogP contribution >= 0.6 is 11.6 Å². The lowest BCUT2D eigenvalue weighted by atomic mass is 9.73. The number of aromatic nitrogens is 4. The Morgan fingerprint density at radius 2 is 1.95 bits per heavy atom. The van der Waals surface area contributed by atoms with Gasteiger partial charge in [0.1, 0.15) is 11.6 Å². The number of piperazine rings is 1. The number of nitrogens with zero attached hydrogens (tertiary/aromatic N) is 6. The van der Waals surface area contributed by atoms with Crippen LogP contribution in [0.15, 0.2) is 18.2 Å². The monoisotopic (exact) mass is 592 g/mol. The van der Waals surface area contributed by atoms with Gasteiger partial charge in [-0.15, -0.1) is 0 Å². The molecule has 3 N–H and O–H groups in total. The Bertz CT molecular complexity index is 1420. The Hall–Kier alpha value is -2.67. The van der Waals surface area contributed by atoms with Crippen LogP contribution in [0.5, 0.6) is 0 Å². The Kier molecular flexibility index (Phi) is 7.54. The molecule has 2 aromatic heterocycles. The number of benzene rings is 1. The van der Waals surface area contributed by atoms with Crippen molar-refractivity contribution in [2.45, 2.75) is 83.2 Å². The van der Waals surface area contributed by atoms with E-state index in [1.165, 1.54) is 12.1 Å². The van der Waals surface area contributed by atoms with E-state index in [1.807, 2.05) is 6.92 Å². The number of alkyl halides is 2. The minimum atomic E-state index is -2.69. The van der Waals surface area contributed by atoms with Crippen molar-refractivity contribution >= 4 is 34.5 Å². The second-order valence-electron chi connectivity index (χ2n) is 11.8. The van der Waals surface area contributed by atoms with Crippen LogP contribution in [0.4, 0.5) is 24.9 Å². The average molecular weight is 593 g/mol. The molecular weight excluding hydrogens is 557 g/mol. The molecule has 4 atom stereocenters. The van der Waals surface area contributed by atoms with Gasteiger partial charge in [0.2, 0.25) is 11.9 Å². The summed E-state index contributed by atoms with van der Waals surface area (Å²) < 4.78 is 50.5. The molecule has 6 rings (SSSR count). The maximum Gasteiger partial charge on any atom is 0.248 e. The van der Waals surface area contributed by atoms with Crippen LogP contribution < -0.4 is 16.2 Å². The molecule has 0 amide bonds. The summed E-state index contributed by atoms with van der Waals surface area (Å²) in [6, 6.07) is 4.18. The van der Waals surface area contributed by atoms with Crippen LogP contribution in [0.1, 0.15) is 57.0 Å². The minimum absolute atomic E-state index is 0.0176. The number of ether oxygens (including phenoxy) is 1. The van der Waals surface area contributed by atoms with Crippen molar-refractivity contribution in [2.24, 2.45) is 11.8 Å². The predicted molar refractivity (Wildman–Crippen MR) is 152 cm³/mol. The molecule has 0 spiro atoms. The minimum Gasteiger partial charge on any atom is -0.376 e. The zero-order chi connectivity index (χ0) is 29.1. The van der Waals surface area contributed by atoms with Gasteiger partial charge in [-0.1, -0.05) is 17.7 Å². The molecule has 0 radical (unpaired) electrons. The summed E-state index contributed by atoms with van der Waals surface area (Å²) in [6.07, 6.45) is 1.69. The number of nitrogens with two attached hydrogens (primary N) is 1. The molecule has 3 aliphatic rings. The molecule has 222 valence electrons. The van der Waals surface area contributed by atoms with E-state index in [9.17, 15) is 13.2 Å². The van der Waals surface area contributed by atoms with Crippen molar-refractivity contribution < 1.29 is 17.9 Å². The fraction of sp³-hybridized carbons (Fsp3) is 0.607. The van der Waals surface area contributed by atoms with Crippen molar-refractivity contribution in [3.63, 3.8) is 0 Å². The number of hydrogen-bond acceptors (Lipinski definition) is 8. The molecule has 1 aromatic carbocycles. The van der Waals surface area contributed by atoms with Gasteiger partial charge >= 0.3 is 0 Å². The number of hydrogen-bond donors (Lipinski definition) is 2. The number of aryl methyl sites for hydroxylation is 1. The standard InChI is InChI=1S/C28H36ClF3N8O/c1-15-13-39(25-23-26(36-27(35-25)37-33)40(17(3)34-23)14-20-5-4-8-41-20)16(2)12-38(15)24(19-10-28(31,32)11-19)18-6-7-21(29)22(30)9-18/h6-7,9,15-16,19-20,24H,4-5,8,10-14,33H2,1-3H3,(H,35,36,37)/t15-,16+,20?,24?/m1/s1. The van der Waals surface area contributed by atoms with Gasteiger partial charge in [-0.25, -0.2) is 24.0 Å². The van der Waals surface area contributed by atoms with Gasteiger partial charge in [0.15, 0.2) is 17.0 Å². The average Bonchev–Trinajstić information content (AvgIpc) is 3.54. The van der Waals surface area contributed by atoms with Gasteiger partial charge < -0.3 is 14.2 Å². The van der Waals surface area contributed by atoms with Crippen molar-refractivity contribution in [1.29, 1.82) is 0 Å². The number of rotatable bonds is 7. The zero-order valence-electron chi connectivity index (χ0n) is 23.5. The molecule has 1 aliphatic carbocycles. The topological polar surface area (TPSA) is 97.4 Å². The van der Waals surface area contributed by atoms with E-state index in [-0.39, 0.29) is 54.0 Å². The predicted octanol–water partition coefficient (Wildman–Crippen LogP) is 5.08. The van der Waals surface area contributed by atoms with Crippen molar-refractivity contribution in [2.75, 3.05) is 30.0 Å². The highest BCUT2D eigenvalue weighted by atomic mass is 35.5. The highest BCUT2D eigenvalue weighted by Crippen LogP contribution is 2.51. The van der Waals surface area contributed by atoms with Crippen LogP contribution in [-0.4, -0.2) is 68.2 Å². The summed E-state index contributed by atoms with van der Waals surface area (Å²) in [7, 11) is 0. The summed E-state index contributed by atoms with van der Waals surface area (Å²) >= 11 is 5.96. The highest BCUT2D eigenvalue weighted by Gasteiger charge is 2.51. The van der Waals surface area contributed by atoms with Crippen LogP contribution in [0.2, 0.25) is 5.02 Å². The van der Waals surface area contributed by atoms with Crippen molar-refractivity contribution in [1.82, 2.24) is 24.4 Å². The lowest BCUT2D eigenvalue weighted by Crippen LogP contribution is -2.59. The zero-order valence-corrected chi connectivity index (χ0v) is 24.2. The molecule has 3 fully saturated rings. The van der Waals surface area contributed by atoms with Gasteiger partial charge in [-0.2, -0.15) is 9.97 Å². The van der Waals surface area contributed by atoms with Crippen LogP contribution in [0.25, 0.3) is 11.2 Å². The molecule has 0 bridgehead atoms. The van der Waals surface area contributed by atoms with E-state index in [2.05, 4.69) is 38.6 Å². The number of nitrogen functional groups attached to an aromatic ring is 1. The molecule has 2 aliphatic heterocycles. The fourth-order valence-corrected chi connectivity index (χ4v) is 6.89. The van der Waals surface area contributed by atoms with Gasteiger partial charge in [0.25, 0.3) is 0 Å². The highest BCUT2D eigenvalue weighted by molar-refractivity contribution is 6.30. The van der Waals surface area contributed by atoms with E-state index in [0.717, 1.165) is 25.3 Å². The second-order valence-corrected chi connectivity index (χ2v) is 12.2. The number of hydrazine groups is 1. The summed E-state index contributed by atoms with van der Waals surface area (Å²) in [5, 5.41) is 0.0176. The Morgan fingerprint density at radius 3 is 2.61 bits per heavy atom. The van der Waals surface area contributed by atoms with Crippen LogP contribution in [0, 0.1) is 18.7 Å². The largest absolute Gasteiger partial charge is 0.376 e. The molecule has 1 saturated carbocycles. The second kappa shape index (κ2) is 10.9. The van der Waals surface area contributed by atoms with Crippen LogP contribution in [-0.2, 0) is 11.3 Å². The third-order valence-corrected chi connectivity index (χ3v) is 9.13. The van der Waals surface area contributed by atoms with E-state index in [0.29, 0.717) is 42.2 Å². The van der Waals surface area contributed by atoms with E-state index >= 15 is 0 Å². The molecule has 3 aromatic rings. The molecule has 2 unspecified atom stereocenters. The molecule has 13 heteroatoms. The SMILES string of the molecule is Cc1nc2c(N3C[C@@H](C)N(C(c4ccc(Cl)c(F)c4)C4CC(F)(F)C4)C[C@@H]3C)nc(NN)nc2n1CC1CCCO1. The first kappa shape index (κ1) is 28.4. The molecule has 4 heterocycles. The molecule has 2 saturated heterocycles. The Labute approximate surface area is 242 Å². The number of nitrogens with one attached hydrogen (secondary N) is 1. The number of fused-ring (bicyclic) bond motifs is 1. The Morgan fingerprint density at radius 1 is 1.17 bits per heavy atom. The van der Waals surface area contributed by atoms with Gasteiger partial charge in [-0.05, 0) is 57.2 Å². The number of halogens is 4. The van der Waals surface area contributed by atoms with Crippen LogP contribution in [0.3, 0.4) is 0 Å². The van der Waals surface area contributed by atoms with E-state index in [4.69, 9.17) is 32.1 Å². The molecular formula is C28H36ClF3N8O. The summed E-state index contributed by atoms with van der Waals surface area (Å²) in [5.74, 6) is 4.03. The van der Waals surface area contributed by atoms with Crippen molar-refractivity contribution in [3.05, 3.63) is 40.4 Å². The molecule has 41 heavy (non-hydrogen) atoms. The third kappa shape index (κ3) is 5.35. The first-order valence-corrected chi connectivity index (χ1v) is 14.6. The first-order valence-electron chi connectivity index (χ1n) is 14.2. The van der Waals surface area contributed by atoms with Crippen molar-refractivity contribution in [3.8, 4) is 0 Å². The molecule has 9 nitrogen and oxygen atoms in total.